The van der Waals surface area contributed by atoms with Gasteiger partial charge in [-0.3, -0.25) is 4.79 Å². The Kier molecular flexibility index (Phi) is 6.85. The molecule has 1 aromatic heterocycles. The van der Waals surface area contributed by atoms with Crippen molar-refractivity contribution < 1.29 is 9.90 Å². The lowest BCUT2D eigenvalue weighted by Gasteiger charge is -2.38. The van der Waals surface area contributed by atoms with Gasteiger partial charge in [-0.25, -0.2) is 4.98 Å². The van der Waals surface area contributed by atoms with Gasteiger partial charge in [-0.2, -0.15) is 0 Å². The Morgan fingerprint density at radius 1 is 1.36 bits per heavy atom. The largest absolute Gasteiger partial charge is 0.481 e. The van der Waals surface area contributed by atoms with Crippen LogP contribution in [0.4, 0.5) is 0 Å². The van der Waals surface area contributed by atoms with Gasteiger partial charge in [-0.1, -0.05) is 26.0 Å². The molecular formula is C19H28ClN3O2. The highest BCUT2D eigenvalue weighted by molar-refractivity contribution is 5.85. The summed E-state index contributed by atoms with van der Waals surface area (Å²) in [6, 6.07) is 8.04. The highest BCUT2D eigenvalue weighted by Crippen LogP contribution is 2.30. The topological polar surface area (TPSA) is 69.2 Å². The summed E-state index contributed by atoms with van der Waals surface area (Å²) in [5, 5.41) is 9.24. The van der Waals surface area contributed by atoms with Crippen LogP contribution in [0.3, 0.4) is 0 Å². The molecule has 0 bridgehead atoms. The van der Waals surface area contributed by atoms with Gasteiger partial charge in [0.15, 0.2) is 0 Å². The Labute approximate surface area is 155 Å². The number of carboxylic acids is 1. The van der Waals surface area contributed by atoms with Crippen molar-refractivity contribution in [3.63, 3.8) is 0 Å². The second-order valence-electron chi connectivity index (χ2n) is 7.46. The summed E-state index contributed by atoms with van der Waals surface area (Å²) in [6.45, 7) is 7.52. The van der Waals surface area contributed by atoms with E-state index in [4.69, 9.17) is 0 Å². The van der Waals surface area contributed by atoms with E-state index in [0.717, 1.165) is 49.3 Å². The van der Waals surface area contributed by atoms with E-state index in [-0.39, 0.29) is 24.7 Å². The maximum atomic E-state index is 11.2. The molecule has 1 aliphatic rings. The van der Waals surface area contributed by atoms with E-state index in [9.17, 15) is 9.90 Å². The lowest BCUT2D eigenvalue weighted by Crippen LogP contribution is -2.43. The minimum absolute atomic E-state index is 0. The van der Waals surface area contributed by atoms with Gasteiger partial charge in [0.2, 0.25) is 0 Å². The lowest BCUT2D eigenvalue weighted by molar-refractivity contribution is -0.139. The maximum absolute atomic E-state index is 11.2. The van der Waals surface area contributed by atoms with Gasteiger partial charge in [-0.05, 0) is 42.9 Å². The summed E-state index contributed by atoms with van der Waals surface area (Å²) < 4.78 is 0. The van der Waals surface area contributed by atoms with Crippen LogP contribution in [-0.2, 0) is 11.2 Å². The Morgan fingerprint density at radius 3 is 2.80 bits per heavy atom. The van der Waals surface area contributed by atoms with Crippen molar-refractivity contribution in [1.29, 1.82) is 0 Å². The number of imidazole rings is 1. The first-order chi connectivity index (χ1) is 11.5. The van der Waals surface area contributed by atoms with Crippen LogP contribution in [0.2, 0.25) is 0 Å². The minimum atomic E-state index is -0.688. The average molecular weight is 366 g/mol. The molecule has 1 saturated heterocycles. The van der Waals surface area contributed by atoms with Gasteiger partial charge in [0, 0.05) is 25.9 Å². The number of aromatic nitrogens is 2. The first-order valence-corrected chi connectivity index (χ1v) is 8.89. The Hall–Kier alpha value is -1.59. The molecule has 3 rings (SSSR count). The minimum Gasteiger partial charge on any atom is -0.481 e. The predicted molar refractivity (Wildman–Crippen MR) is 102 cm³/mol. The number of halogens is 1. The normalized spacial score (nSPS) is 21.4. The molecule has 2 aromatic rings. The van der Waals surface area contributed by atoms with Gasteiger partial charge in [0.1, 0.15) is 5.82 Å². The zero-order chi connectivity index (χ0) is 17.1. The van der Waals surface area contributed by atoms with Crippen molar-refractivity contribution >= 4 is 29.4 Å². The highest BCUT2D eigenvalue weighted by Gasteiger charge is 2.31. The summed E-state index contributed by atoms with van der Waals surface area (Å²) in [4.78, 5) is 21.8. The van der Waals surface area contributed by atoms with E-state index in [1.165, 1.54) is 0 Å². The second-order valence-corrected chi connectivity index (χ2v) is 7.46. The smallest absolute Gasteiger partial charge is 0.303 e. The average Bonchev–Trinajstić information content (AvgIpc) is 2.91. The first kappa shape index (κ1) is 19.7. The number of H-pyrrole nitrogens is 1. The van der Waals surface area contributed by atoms with Crippen LogP contribution in [0.1, 0.15) is 32.5 Å². The number of nitrogens with one attached hydrogen (secondary N) is 1. The van der Waals surface area contributed by atoms with Crippen LogP contribution < -0.4 is 0 Å². The van der Waals surface area contributed by atoms with Gasteiger partial charge in [-0.15, -0.1) is 12.4 Å². The quantitative estimate of drug-likeness (QED) is 0.820. The van der Waals surface area contributed by atoms with Crippen LogP contribution in [0.25, 0.3) is 11.0 Å². The molecule has 0 amide bonds. The molecule has 138 valence electrons. The number of likely N-dealkylation sites (tertiary alicyclic amines) is 1. The molecule has 5 nitrogen and oxygen atoms in total. The molecule has 1 fully saturated rings. The number of aromatic amines is 1. The Balaban J connectivity index is 0.00000225. The Bertz CT molecular complexity index is 668. The van der Waals surface area contributed by atoms with Crippen molar-refractivity contribution in [3.8, 4) is 0 Å². The molecule has 2 N–H and O–H groups in total. The third-order valence-electron chi connectivity index (χ3n) is 4.93. The number of hydrogen-bond donors (Lipinski definition) is 2. The predicted octanol–water partition coefficient (Wildman–Crippen LogP) is 3.60. The maximum Gasteiger partial charge on any atom is 0.303 e. The van der Waals surface area contributed by atoms with Gasteiger partial charge in [0.25, 0.3) is 0 Å². The number of rotatable bonds is 6. The van der Waals surface area contributed by atoms with Crippen LogP contribution in [-0.4, -0.2) is 45.6 Å². The summed E-state index contributed by atoms with van der Waals surface area (Å²) in [7, 11) is 0. The number of benzene rings is 1. The molecule has 0 aliphatic carbocycles. The van der Waals surface area contributed by atoms with E-state index in [0.29, 0.717) is 11.8 Å². The van der Waals surface area contributed by atoms with Crippen molar-refractivity contribution in [3.05, 3.63) is 30.1 Å². The fourth-order valence-electron chi connectivity index (χ4n) is 3.91. The lowest BCUT2D eigenvalue weighted by atomic mass is 9.81. The number of para-hydroxylation sites is 2. The molecule has 1 aromatic carbocycles. The number of hydrogen-bond acceptors (Lipinski definition) is 3. The number of piperidine rings is 1. The summed E-state index contributed by atoms with van der Waals surface area (Å²) in [6.07, 6.45) is 2.05. The standard InChI is InChI=1S/C19H27N3O2.ClH/c1-13(2)11-22-8-7-14(10-19(23)24)15(12-22)9-18-20-16-5-3-4-6-17(16)21-18;/h3-6,13-15H,7-12H2,1-2H3,(H,20,21)(H,23,24);1H/t14-,15-;/m0./s1. The fraction of sp³-hybridized carbons (Fsp3) is 0.579. The molecule has 0 unspecified atom stereocenters. The molecule has 0 saturated carbocycles. The molecule has 0 spiro atoms. The molecule has 0 radical (unpaired) electrons. The molecule has 25 heavy (non-hydrogen) atoms. The molecule has 1 aliphatic heterocycles. The van der Waals surface area contributed by atoms with Gasteiger partial charge >= 0.3 is 5.97 Å². The number of carboxylic acid groups (broad SMARTS) is 1. The molecular weight excluding hydrogens is 338 g/mol. The van der Waals surface area contributed by atoms with Crippen LogP contribution in [0.5, 0.6) is 0 Å². The highest BCUT2D eigenvalue weighted by atomic mass is 35.5. The third kappa shape index (κ3) is 5.19. The van der Waals surface area contributed by atoms with Crippen molar-refractivity contribution in [2.75, 3.05) is 19.6 Å². The first-order valence-electron chi connectivity index (χ1n) is 8.89. The van der Waals surface area contributed by atoms with E-state index >= 15 is 0 Å². The molecule has 6 heteroatoms. The Morgan fingerprint density at radius 2 is 2.12 bits per heavy atom. The number of aliphatic carboxylic acids is 1. The second kappa shape index (κ2) is 8.68. The fourth-order valence-corrected chi connectivity index (χ4v) is 3.91. The molecule has 2 atom stereocenters. The molecule has 2 heterocycles. The van der Waals surface area contributed by atoms with Crippen LogP contribution in [0, 0.1) is 17.8 Å². The van der Waals surface area contributed by atoms with E-state index in [1.807, 2.05) is 24.3 Å². The van der Waals surface area contributed by atoms with Crippen LogP contribution >= 0.6 is 12.4 Å². The van der Waals surface area contributed by atoms with E-state index in [2.05, 4.69) is 28.7 Å². The zero-order valence-corrected chi connectivity index (χ0v) is 15.8. The van der Waals surface area contributed by atoms with Gasteiger partial charge in [0.05, 0.1) is 11.0 Å². The van der Waals surface area contributed by atoms with E-state index in [1.54, 1.807) is 0 Å². The van der Waals surface area contributed by atoms with Gasteiger partial charge < -0.3 is 15.0 Å². The van der Waals surface area contributed by atoms with E-state index < -0.39 is 5.97 Å². The zero-order valence-electron chi connectivity index (χ0n) is 14.9. The third-order valence-corrected chi connectivity index (χ3v) is 4.93. The number of fused-ring (bicyclic) bond motifs is 1. The number of carbonyl (C=O) groups is 1. The summed E-state index contributed by atoms with van der Waals surface area (Å²) >= 11 is 0. The van der Waals surface area contributed by atoms with Crippen LogP contribution in [0.15, 0.2) is 24.3 Å². The monoisotopic (exact) mass is 365 g/mol. The van der Waals surface area contributed by atoms with Crippen molar-refractivity contribution in [2.24, 2.45) is 17.8 Å². The SMILES string of the molecule is CC(C)CN1CC[C@@H](CC(=O)O)[C@@H](Cc2nc3ccccc3[nH]2)C1.Cl. The summed E-state index contributed by atoms with van der Waals surface area (Å²) in [5.41, 5.74) is 2.04. The number of nitrogens with zero attached hydrogens (tertiary/aromatic N) is 2. The van der Waals surface area contributed by atoms with Crippen molar-refractivity contribution in [1.82, 2.24) is 14.9 Å². The van der Waals surface area contributed by atoms with Crippen molar-refractivity contribution in [2.45, 2.75) is 33.1 Å². The summed E-state index contributed by atoms with van der Waals surface area (Å²) in [5.74, 6) is 1.50.